The third-order valence-corrected chi connectivity index (χ3v) is 5.20. The number of piperazine rings is 1. The van der Waals surface area contributed by atoms with Crippen LogP contribution in [0, 0.1) is 0 Å². The number of aromatic nitrogens is 3. The normalized spacial score (nSPS) is 18.4. The second kappa shape index (κ2) is 8.23. The van der Waals surface area contributed by atoms with Crippen LogP contribution in [0.3, 0.4) is 0 Å². The van der Waals surface area contributed by atoms with Crippen molar-refractivity contribution in [3.63, 3.8) is 0 Å². The van der Waals surface area contributed by atoms with E-state index in [1.807, 2.05) is 0 Å². The molecule has 1 saturated heterocycles. The van der Waals surface area contributed by atoms with E-state index in [0.29, 0.717) is 37.6 Å². The quantitative estimate of drug-likeness (QED) is 0.731. The molecule has 4 rings (SSSR count). The first-order valence-corrected chi connectivity index (χ1v) is 9.86. The summed E-state index contributed by atoms with van der Waals surface area (Å²) in [5.41, 5.74) is 0.345. The standard InChI is InChI=1S/C19H19ClN6O4/c1-2-14(27)24-7-9-25(10-8-24)19(29)30-18-16-15(21-5-6-22-16)17(28)26(18)13-4-3-12(20)11-23-13/h3-6,11,18H,2,7-10H2,1H3/t18-/m1/s1. The fourth-order valence-electron chi connectivity index (χ4n) is 3.41. The predicted octanol–water partition coefficient (Wildman–Crippen LogP) is 1.87. The van der Waals surface area contributed by atoms with E-state index in [2.05, 4.69) is 15.0 Å². The maximum atomic E-state index is 12.9. The Kier molecular flexibility index (Phi) is 5.49. The Hall–Kier alpha value is -3.27. The molecule has 4 heterocycles. The predicted molar refractivity (Wildman–Crippen MR) is 106 cm³/mol. The van der Waals surface area contributed by atoms with E-state index >= 15 is 0 Å². The first-order valence-electron chi connectivity index (χ1n) is 9.49. The number of rotatable bonds is 3. The van der Waals surface area contributed by atoms with E-state index in [0.717, 1.165) is 0 Å². The van der Waals surface area contributed by atoms with Crippen LogP contribution in [-0.4, -0.2) is 68.8 Å². The SMILES string of the molecule is CCC(=O)N1CCN(C(=O)O[C@@H]2c3nccnc3C(=O)N2c2ccc(Cl)cn2)CC1. The van der Waals surface area contributed by atoms with E-state index in [9.17, 15) is 14.4 Å². The molecule has 2 aliphatic rings. The third kappa shape index (κ3) is 3.65. The molecule has 1 atom stereocenters. The van der Waals surface area contributed by atoms with Crippen LogP contribution < -0.4 is 4.90 Å². The van der Waals surface area contributed by atoms with Crippen molar-refractivity contribution in [2.45, 2.75) is 19.6 Å². The van der Waals surface area contributed by atoms with E-state index in [4.69, 9.17) is 16.3 Å². The second-order valence-corrected chi connectivity index (χ2v) is 7.19. The Bertz CT molecular complexity index is 977. The molecule has 2 aromatic heterocycles. The summed E-state index contributed by atoms with van der Waals surface area (Å²) < 4.78 is 5.68. The summed E-state index contributed by atoms with van der Waals surface area (Å²) in [4.78, 5) is 54.5. The van der Waals surface area contributed by atoms with Gasteiger partial charge in [-0.15, -0.1) is 0 Å². The first kappa shape index (κ1) is 20.0. The summed E-state index contributed by atoms with van der Waals surface area (Å²) >= 11 is 5.90. The largest absolute Gasteiger partial charge is 0.419 e. The lowest BCUT2D eigenvalue weighted by atomic mass is 10.3. The van der Waals surface area contributed by atoms with E-state index in [-0.39, 0.29) is 23.1 Å². The van der Waals surface area contributed by atoms with Crippen molar-refractivity contribution in [3.05, 3.63) is 47.1 Å². The minimum absolute atomic E-state index is 0.0496. The molecule has 0 bridgehead atoms. The topological polar surface area (TPSA) is 109 Å². The van der Waals surface area contributed by atoms with Gasteiger partial charge in [-0.1, -0.05) is 18.5 Å². The molecule has 0 saturated carbocycles. The number of fused-ring (bicyclic) bond motifs is 1. The highest BCUT2D eigenvalue weighted by atomic mass is 35.5. The summed E-state index contributed by atoms with van der Waals surface area (Å²) in [6, 6.07) is 3.14. The van der Waals surface area contributed by atoms with Crippen LogP contribution in [0.4, 0.5) is 10.6 Å². The van der Waals surface area contributed by atoms with Gasteiger partial charge in [-0.05, 0) is 12.1 Å². The van der Waals surface area contributed by atoms with Crippen LogP contribution in [0.1, 0.15) is 35.8 Å². The fraction of sp³-hybridized carbons (Fsp3) is 0.368. The van der Waals surface area contributed by atoms with Crippen molar-refractivity contribution < 1.29 is 19.1 Å². The van der Waals surface area contributed by atoms with Crippen molar-refractivity contribution in [3.8, 4) is 0 Å². The van der Waals surface area contributed by atoms with Crippen LogP contribution >= 0.6 is 11.6 Å². The molecular weight excluding hydrogens is 412 g/mol. The van der Waals surface area contributed by atoms with Gasteiger partial charge in [0.15, 0.2) is 5.69 Å². The molecule has 3 amide bonds. The number of carbonyl (C=O) groups is 3. The highest BCUT2D eigenvalue weighted by Gasteiger charge is 2.44. The number of anilines is 1. The zero-order chi connectivity index (χ0) is 21.3. The number of carbonyl (C=O) groups excluding carboxylic acids is 3. The molecule has 0 spiro atoms. The number of halogens is 1. The lowest BCUT2D eigenvalue weighted by Crippen LogP contribution is -2.51. The molecule has 156 valence electrons. The molecule has 0 N–H and O–H groups in total. The minimum atomic E-state index is -1.10. The number of amides is 3. The van der Waals surface area contributed by atoms with Crippen LogP contribution in [0.15, 0.2) is 30.7 Å². The van der Waals surface area contributed by atoms with Crippen LogP contribution in [0.5, 0.6) is 0 Å². The molecule has 0 radical (unpaired) electrons. The maximum absolute atomic E-state index is 12.9. The van der Waals surface area contributed by atoms with Crippen molar-refractivity contribution in [1.82, 2.24) is 24.8 Å². The Morgan fingerprint density at radius 2 is 1.80 bits per heavy atom. The van der Waals surface area contributed by atoms with Crippen molar-refractivity contribution in [2.24, 2.45) is 0 Å². The van der Waals surface area contributed by atoms with Gasteiger partial charge in [-0.25, -0.2) is 19.7 Å². The van der Waals surface area contributed by atoms with E-state index in [1.54, 1.807) is 24.0 Å². The highest BCUT2D eigenvalue weighted by Crippen LogP contribution is 2.35. The molecule has 2 aromatic rings. The molecule has 10 nitrogen and oxygen atoms in total. The van der Waals surface area contributed by atoms with Crippen LogP contribution in [-0.2, 0) is 9.53 Å². The maximum Gasteiger partial charge on any atom is 0.412 e. The summed E-state index contributed by atoms with van der Waals surface area (Å²) in [5, 5.41) is 0.409. The Labute approximate surface area is 177 Å². The van der Waals surface area contributed by atoms with Gasteiger partial charge in [0.25, 0.3) is 5.91 Å². The molecule has 0 aliphatic carbocycles. The number of ether oxygens (including phenoxy) is 1. The van der Waals surface area contributed by atoms with Gasteiger partial charge in [0.2, 0.25) is 12.1 Å². The minimum Gasteiger partial charge on any atom is -0.419 e. The molecule has 30 heavy (non-hydrogen) atoms. The van der Waals surface area contributed by atoms with E-state index in [1.165, 1.54) is 28.4 Å². The van der Waals surface area contributed by atoms with Crippen molar-refractivity contribution >= 4 is 35.3 Å². The Balaban J connectivity index is 1.55. The summed E-state index contributed by atoms with van der Waals surface area (Å²) in [7, 11) is 0. The highest BCUT2D eigenvalue weighted by molar-refractivity contribution is 6.30. The van der Waals surface area contributed by atoms with Gasteiger partial charge in [-0.3, -0.25) is 14.6 Å². The smallest absolute Gasteiger partial charge is 0.412 e. The van der Waals surface area contributed by atoms with Crippen molar-refractivity contribution in [2.75, 3.05) is 31.1 Å². The zero-order valence-corrected chi connectivity index (χ0v) is 16.9. The van der Waals surface area contributed by atoms with Crippen LogP contribution in [0.2, 0.25) is 5.02 Å². The summed E-state index contributed by atoms with van der Waals surface area (Å²) in [6.07, 6.45) is 2.95. The summed E-state index contributed by atoms with van der Waals surface area (Å²) in [5.74, 6) is -0.155. The lowest BCUT2D eigenvalue weighted by Gasteiger charge is -2.35. The van der Waals surface area contributed by atoms with E-state index < -0.39 is 18.2 Å². The Morgan fingerprint density at radius 3 is 2.47 bits per heavy atom. The Morgan fingerprint density at radius 1 is 1.10 bits per heavy atom. The molecule has 2 aliphatic heterocycles. The van der Waals surface area contributed by atoms with Gasteiger partial charge in [-0.2, -0.15) is 0 Å². The number of pyridine rings is 1. The zero-order valence-electron chi connectivity index (χ0n) is 16.2. The van der Waals surface area contributed by atoms with Gasteiger partial charge < -0.3 is 14.5 Å². The van der Waals surface area contributed by atoms with Gasteiger partial charge in [0.1, 0.15) is 11.5 Å². The van der Waals surface area contributed by atoms with Gasteiger partial charge in [0, 0.05) is 51.2 Å². The first-order chi connectivity index (χ1) is 14.5. The van der Waals surface area contributed by atoms with Gasteiger partial charge in [0.05, 0.1) is 5.02 Å². The molecule has 11 heteroatoms. The lowest BCUT2D eigenvalue weighted by molar-refractivity contribution is -0.132. The average molecular weight is 431 g/mol. The molecule has 0 unspecified atom stereocenters. The number of hydrogen-bond donors (Lipinski definition) is 0. The molecular formula is C19H19ClN6O4. The van der Waals surface area contributed by atoms with Crippen molar-refractivity contribution in [1.29, 1.82) is 0 Å². The molecule has 0 aromatic carbocycles. The summed E-state index contributed by atoms with van der Waals surface area (Å²) in [6.45, 7) is 3.36. The monoisotopic (exact) mass is 430 g/mol. The number of nitrogens with zero attached hydrogens (tertiary/aromatic N) is 6. The van der Waals surface area contributed by atoms with Crippen LogP contribution in [0.25, 0.3) is 0 Å². The number of hydrogen-bond acceptors (Lipinski definition) is 7. The average Bonchev–Trinajstić information content (AvgIpc) is 3.05. The molecule has 1 fully saturated rings. The van der Waals surface area contributed by atoms with Gasteiger partial charge >= 0.3 is 6.09 Å². The second-order valence-electron chi connectivity index (χ2n) is 6.76. The third-order valence-electron chi connectivity index (χ3n) is 4.98. The fourth-order valence-corrected chi connectivity index (χ4v) is 3.52.